The van der Waals surface area contributed by atoms with Crippen molar-refractivity contribution < 1.29 is 9.15 Å². The van der Waals surface area contributed by atoms with Crippen molar-refractivity contribution in [2.24, 2.45) is 0 Å². The highest BCUT2D eigenvalue weighted by atomic mass is 17.0. The largest absolute Gasteiger partial charge is 0.291 e. The third kappa shape index (κ3) is 0.427. The SMILES string of the molecule is C1CCc2ooc2C1. The fraction of sp³-hybridized carbons (Fsp3) is 0.667. The number of fused-ring (bicyclic) bond motifs is 1. The zero-order chi connectivity index (χ0) is 5.40. The first-order chi connectivity index (χ1) is 3.97. The van der Waals surface area contributed by atoms with Gasteiger partial charge in [-0.1, -0.05) is 0 Å². The molecule has 0 amide bonds. The molecular weight excluding hydrogens is 104 g/mol. The maximum absolute atomic E-state index is 4.71. The third-order valence-electron chi connectivity index (χ3n) is 1.61. The lowest BCUT2D eigenvalue weighted by Crippen LogP contribution is -2.04. The number of hydrogen-bond acceptors (Lipinski definition) is 2. The normalized spacial score (nSPS) is 18.5. The minimum absolute atomic E-state index is 1.09. The topological polar surface area (TPSA) is 26.3 Å². The molecule has 0 aliphatic heterocycles. The van der Waals surface area contributed by atoms with Crippen LogP contribution in [-0.2, 0) is 12.8 Å². The molecule has 1 aliphatic carbocycles. The Kier molecular flexibility index (Phi) is 0.745. The molecule has 0 fully saturated rings. The molecular formula is C6H8O2. The van der Waals surface area contributed by atoms with Crippen LogP contribution in [-0.4, -0.2) is 0 Å². The van der Waals surface area contributed by atoms with Gasteiger partial charge in [-0.05, 0) is 12.8 Å². The van der Waals surface area contributed by atoms with Gasteiger partial charge in [-0.15, -0.1) is 0 Å². The summed E-state index contributed by atoms with van der Waals surface area (Å²) in [6, 6.07) is 0. The molecule has 44 valence electrons. The average molecular weight is 112 g/mol. The summed E-state index contributed by atoms with van der Waals surface area (Å²) < 4.78 is 9.43. The van der Waals surface area contributed by atoms with Gasteiger partial charge in [-0.2, -0.15) is 0 Å². The van der Waals surface area contributed by atoms with Crippen LogP contribution >= 0.6 is 0 Å². The fourth-order valence-corrected chi connectivity index (χ4v) is 1.09. The van der Waals surface area contributed by atoms with Crippen molar-refractivity contribution in [1.82, 2.24) is 0 Å². The van der Waals surface area contributed by atoms with Crippen molar-refractivity contribution in [3.05, 3.63) is 11.5 Å². The van der Waals surface area contributed by atoms with E-state index in [1.165, 1.54) is 12.8 Å². The Morgan fingerprint density at radius 3 is 1.62 bits per heavy atom. The van der Waals surface area contributed by atoms with Crippen LogP contribution in [0.3, 0.4) is 0 Å². The van der Waals surface area contributed by atoms with E-state index in [1.807, 2.05) is 0 Å². The molecule has 2 rings (SSSR count). The Morgan fingerprint density at radius 1 is 0.875 bits per heavy atom. The van der Waals surface area contributed by atoms with Crippen LogP contribution in [0.2, 0.25) is 0 Å². The van der Waals surface area contributed by atoms with Crippen LogP contribution in [0, 0.1) is 0 Å². The summed E-state index contributed by atoms with van der Waals surface area (Å²) in [6.45, 7) is 0. The quantitative estimate of drug-likeness (QED) is 0.478. The van der Waals surface area contributed by atoms with E-state index in [9.17, 15) is 0 Å². The van der Waals surface area contributed by atoms with E-state index < -0.39 is 0 Å². The lowest BCUT2D eigenvalue weighted by molar-refractivity contribution is -0.0388. The van der Waals surface area contributed by atoms with Gasteiger partial charge in [-0.3, -0.25) is 9.15 Å². The second kappa shape index (κ2) is 1.41. The second-order valence-electron chi connectivity index (χ2n) is 2.22. The molecule has 0 N–H and O–H groups in total. The number of aryl methyl sites for hydroxylation is 2. The van der Waals surface area contributed by atoms with Gasteiger partial charge in [0.1, 0.15) is 0 Å². The van der Waals surface area contributed by atoms with Gasteiger partial charge < -0.3 is 0 Å². The molecule has 0 unspecified atom stereocenters. The first-order valence-electron chi connectivity index (χ1n) is 3.03. The highest BCUT2D eigenvalue weighted by Crippen LogP contribution is 2.23. The maximum Gasteiger partial charge on any atom is 0.198 e. The Labute approximate surface area is 47.4 Å². The smallest absolute Gasteiger partial charge is 0.198 e. The summed E-state index contributed by atoms with van der Waals surface area (Å²) in [4.78, 5) is 0. The monoisotopic (exact) mass is 112 g/mol. The van der Waals surface area contributed by atoms with Gasteiger partial charge in [0.05, 0.1) is 0 Å². The highest BCUT2D eigenvalue weighted by Gasteiger charge is 2.17. The lowest BCUT2D eigenvalue weighted by atomic mass is 10.0. The molecule has 0 aromatic carbocycles. The summed E-state index contributed by atoms with van der Waals surface area (Å²) in [7, 11) is 0. The van der Waals surface area contributed by atoms with Crippen molar-refractivity contribution in [2.45, 2.75) is 25.7 Å². The summed E-state index contributed by atoms with van der Waals surface area (Å²) in [5.74, 6) is 2.19. The van der Waals surface area contributed by atoms with E-state index >= 15 is 0 Å². The minimum Gasteiger partial charge on any atom is -0.291 e. The van der Waals surface area contributed by atoms with E-state index in [0.717, 1.165) is 24.4 Å². The average Bonchev–Trinajstić information content (AvgIpc) is 1.72. The zero-order valence-electron chi connectivity index (χ0n) is 4.64. The van der Waals surface area contributed by atoms with Crippen LogP contribution in [0.1, 0.15) is 24.4 Å². The molecule has 2 heteroatoms. The summed E-state index contributed by atoms with van der Waals surface area (Å²) in [5, 5.41) is 0. The van der Waals surface area contributed by atoms with Gasteiger partial charge in [0.25, 0.3) is 0 Å². The maximum atomic E-state index is 4.71. The molecule has 8 heavy (non-hydrogen) atoms. The molecule has 0 bridgehead atoms. The molecule has 0 saturated heterocycles. The summed E-state index contributed by atoms with van der Waals surface area (Å²) >= 11 is 0. The van der Waals surface area contributed by atoms with Crippen molar-refractivity contribution in [3.63, 3.8) is 0 Å². The summed E-state index contributed by atoms with van der Waals surface area (Å²) in [5.41, 5.74) is 0. The lowest BCUT2D eigenvalue weighted by Gasteiger charge is -2.11. The summed E-state index contributed by atoms with van der Waals surface area (Å²) in [6.07, 6.45) is 4.72. The first kappa shape index (κ1) is 4.24. The van der Waals surface area contributed by atoms with E-state index in [2.05, 4.69) is 0 Å². The van der Waals surface area contributed by atoms with E-state index in [4.69, 9.17) is 9.15 Å². The van der Waals surface area contributed by atoms with Crippen molar-refractivity contribution in [2.75, 3.05) is 0 Å². The van der Waals surface area contributed by atoms with Crippen LogP contribution in [0.5, 0.6) is 0 Å². The van der Waals surface area contributed by atoms with E-state index in [0.29, 0.717) is 0 Å². The minimum atomic E-state index is 1.09. The second-order valence-corrected chi connectivity index (χ2v) is 2.22. The Morgan fingerprint density at radius 2 is 1.38 bits per heavy atom. The molecule has 0 saturated carbocycles. The molecule has 0 radical (unpaired) electrons. The van der Waals surface area contributed by atoms with Crippen LogP contribution in [0.4, 0.5) is 0 Å². The van der Waals surface area contributed by atoms with Crippen LogP contribution in [0.15, 0.2) is 9.15 Å². The highest BCUT2D eigenvalue weighted by molar-refractivity contribution is 5.06. The number of hydrogen-bond donors (Lipinski definition) is 0. The first-order valence-corrected chi connectivity index (χ1v) is 3.03. The van der Waals surface area contributed by atoms with Gasteiger partial charge >= 0.3 is 0 Å². The molecule has 0 atom stereocenters. The molecule has 1 heterocycles. The van der Waals surface area contributed by atoms with E-state index in [1.54, 1.807) is 0 Å². The molecule has 2 nitrogen and oxygen atoms in total. The fourth-order valence-electron chi connectivity index (χ4n) is 1.09. The van der Waals surface area contributed by atoms with Gasteiger partial charge in [0.2, 0.25) is 0 Å². The Balaban J connectivity index is 2.26. The predicted molar refractivity (Wildman–Crippen MR) is 27.6 cm³/mol. The molecule has 1 aromatic heterocycles. The predicted octanol–water partition coefficient (Wildman–Crippen LogP) is 1.75. The van der Waals surface area contributed by atoms with E-state index in [-0.39, 0.29) is 0 Å². The Bertz CT molecular complexity index is 153. The van der Waals surface area contributed by atoms with Gasteiger partial charge in [-0.25, -0.2) is 0 Å². The Hall–Kier alpha value is -0.660. The zero-order valence-corrected chi connectivity index (χ0v) is 4.64. The molecule has 1 aliphatic rings. The third-order valence-corrected chi connectivity index (χ3v) is 1.61. The van der Waals surface area contributed by atoms with Gasteiger partial charge in [0.15, 0.2) is 11.5 Å². The van der Waals surface area contributed by atoms with Crippen molar-refractivity contribution in [1.29, 1.82) is 0 Å². The standard InChI is InChI=1S/C6H8O2/c1-2-4-6-5(3-1)7-8-6/h1-4H2. The van der Waals surface area contributed by atoms with Crippen LogP contribution < -0.4 is 0 Å². The van der Waals surface area contributed by atoms with Crippen LogP contribution in [0.25, 0.3) is 0 Å². The van der Waals surface area contributed by atoms with Gasteiger partial charge in [0, 0.05) is 12.8 Å². The molecule has 0 spiro atoms. The number of rotatable bonds is 0. The molecule has 1 aromatic rings. The van der Waals surface area contributed by atoms with Crippen molar-refractivity contribution >= 4 is 0 Å². The van der Waals surface area contributed by atoms with Crippen molar-refractivity contribution in [3.8, 4) is 0 Å².